The zero-order valence-electron chi connectivity index (χ0n) is 11.6. The van der Waals surface area contributed by atoms with E-state index in [-0.39, 0.29) is 30.0 Å². The van der Waals surface area contributed by atoms with Crippen molar-refractivity contribution in [3.63, 3.8) is 0 Å². The fourth-order valence-corrected chi connectivity index (χ4v) is 2.43. The smallest absolute Gasteiger partial charge is 0.347 e. The Morgan fingerprint density at radius 1 is 1.53 bits per heavy atom. The molecule has 2 rings (SSSR count). The first kappa shape index (κ1) is 13.9. The zero-order valence-corrected chi connectivity index (χ0v) is 11.6. The second kappa shape index (κ2) is 4.52. The van der Waals surface area contributed by atoms with Gasteiger partial charge in [-0.3, -0.25) is 9.69 Å². The van der Waals surface area contributed by atoms with Crippen molar-refractivity contribution in [1.29, 1.82) is 0 Å². The lowest BCUT2D eigenvalue weighted by Crippen LogP contribution is -2.45. The minimum absolute atomic E-state index is 0.159. The van der Waals surface area contributed by atoms with E-state index in [4.69, 9.17) is 9.47 Å². The molecule has 1 N–H and O–H groups in total. The summed E-state index contributed by atoms with van der Waals surface area (Å²) in [6.45, 7) is 7.82. The Bertz CT molecular complexity index is 448. The summed E-state index contributed by atoms with van der Waals surface area (Å²) in [7, 11) is 0. The summed E-state index contributed by atoms with van der Waals surface area (Å²) < 4.78 is 10.4. The lowest BCUT2D eigenvalue weighted by molar-refractivity contribution is -0.145. The van der Waals surface area contributed by atoms with Crippen LogP contribution in [0.15, 0.2) is 11.3 Å². The van der Waals surface area contributed by atoms with Crippen molar-refractivity contribution in [3.8, 4) is 0 Å². The van der Waals surface area contributed by atoms with Crippen molar-refractivity contribution < 1.29 is 24.2 Å². The lowest BCUT2D eigenvalue weighted by Gasteiger charge is -2.33. The molecular formula is C13H19NO5. The number of ether oxygens (including phenoxy) is 2. The van der Waals surface area contributed by atoms with Crippen LogP contribution in [-0.2, 0) is 19.1 Å². The van der Waals surface area contributed by atoms with Crippen LogP contribution in [0.25, 0.3) is 0 Å². The Morgan fingerprint density at radius 3 is 2.68 bits per heavy atom. The summed E-state index contributed by atoms with van der Waals surface area (Å²) >= 11 is 0. The van der Waals surface area contributed by atoms with Gasteiger partial charge < -0.3 is 14.6 Å². The molecule has 1 fully saturated rings. The second-order valence-electron chi connectivity index (χ2n) is 5.76. The maximum atomic E-state index is 12.3. The van der Waals surface area contributed by atoms with Crippen molar-refractivity contribution >= 4 is 11.9 Å². The van der Waals surface area contributed by atoms with Crippen LogP contribution in [0.4, 0.5) is 0 Å². The summed E-state index contributed by atoms with van der Waals surface area (Å²) in [4.78, 5) is 25.5. The lowest BCUT2D eigenvalue weighted by atomic mass is 9.93. The van der Waals surface area contributed by atoms with Gasteiger partial charge in [0.2, 0.25) is 0 Å². The van der Waals surface area contributed by atoms with E-state index >= 15 is 0 Å². The molecule has 1 amide bonds. The Kier molecular flexibility index (Phi) is 3.30. The summed E-state index contributed by atoms with van der Waals surface area (Å²) in [5.41, 5.74) is -0.557. The van der Waals surface area contributed by atoms with Gasteiger partial charge in [-0.1, -0.05) is 20.8 Å². The number of carbonyl (C=O) groups excluding carboxylic acids is 2. The van der Waals surface area contributed by atoms with Crippen LogP contribution in [0.5, 0.6) is 0 Å². The highest BCUT2D eigenvalue weighted by Crippen LogP contribution is 2.39. The quantitative estimate of drug-likeness (QED) is 0.597. The van der Waals surface area contributed by atoms with Crippen molar-refractivity contribution in [2.75, 3.05) is 13.2 Å². The molecule has 6 nitrogen and oxygen atoms in total. The van der Waals surface area contributed by atoms with Gasteiger partial charge >= 0.3 is 5.97 Å². The molecule has 2 aliphatic rings. The molecule has 0 bridgehead atoms. The monoisotopic (exact) mass is 269 g/mol. The maximum Gasteiger partial charge on any atom is 0.347 e. The average molecular weight is 269 g/mol. The van der Waals surface area contributed by atoms with Crippen LogP contribution < -0.4 is 0 Å². The number of nitrogens with zero attached hydrogens (tertiary/aromatic N) is 1. The average Bonchev–Trinajstić information content (AvgIpc) is 2.80. The van der Waals surface area contributed by atoms with Gasteiger partial charge in [0, 0.05) is 5.41 Å². The van der Waals surface area contributed by atoms with Crippen LogP contribution in [-0.4, -0.2) is 47.4 Å². The molecule has 106 valence electrons. The number of hydrogen-bond donors (Lipinski definition) is 1. The Balaban J connectivity index is 2.30. The number of rotatable bonds is 2. The van der Waals surface area contributed by atoms with Gasteiger partial charge in [0.1, 0.15) is 18.0 Å². The van der Waals surface area contributed by atoms with Crippen molar-refractivity contribution in [2.45, 2.75) is 40.0 Å². The van der Waals surface area contributed by atoms with Gasteiger partial charge in [-0.25, -0.2) is 4.79 Å². The third kappa shape index (κ3) is 2.10. The molecule has 0 aliphatic carbocycles. The molecule has 0 spiro atoms. The predicted molar refractivity (Wildman–Crippen MR) is 66.1 cm³/mol. The number of aliphatic hydroxyl groups is 1. The summed E-state index contributed by atoms with van der Waals surface area (Å²) in [6, 6.07) is -0.573. The Morgan fingerprint density at radius 2 is 2.16 bits per heavy atom. The first-order valence-corrected chi connectivity index (χ1v) is 6.33. The number of hydrogen-bond acceptors (Lipinski definition) is 5. The normalized spacial score (nSPS) is 26.9. The molecular weight excluding hydrogens is 250 g/mol. The molecule has 0 aromatic heterocycles. The van der Waals surface area contributed by atoms with Crippen LogP contribution in [0.3, 0.4) is 0 Å². The molecule has 2 heterocycles. The maximum absolute atomic E-state index is 12.3. The molecule has 1 saturated heterocycles. The molecule has 0 saturated carbocycles. The number of aliphatic hydroxyl groups excluding tert-OH is 1. The fourth-order valence-electron chi connectivity index (χ4n) is 2.43. The number of carbonyl (C=O) groups is 2. The van der Waals surface area contributed by atoms with Crippen molar-refractivity contribution in [3.05, 3.63) is 11.3 Å². The molecule has 2 aliphatic heterocycles. The van der Waals surface area contributed by atoms with Crippen LogP contribution >= 0.6 is 0 Å². The first-order valence-electron chi connectivity index (χ1n) is 6.33. The van der Waals surface area contributed by atoms with Crippen molar-refractivity contribution in [2.24, 2.45) is 5.41 Å². The van der Waals surface area contributed by atoms with Gasteiger partial charge in [0.05, 0.1) is 13.2 Å². The second-order valence-corrected chi connectivity index (χ2v) is 5.76. The van der Waals surface area contributed by atoms with E-state index in [0.717, 1.165) is 0 Å². The van der Waals surface area contributed by atoms with Gasteiger partial charge in [0.25, 0.3) is 5.91 Å². The highest BCUT2D eigenvalue weighted by Gasteiger charge is 2.53. The van der Waals surface area contributed by atoms with Crippen molar-refractivity contribution in [1.82, 2.24) is 4.90 Å². The van der Waals surface area contributed by atoms with Crippen LogP contribution in [0.1, 0.15) is 27.7 Å². The van der Waals surface area contributed by atoms with E-state index < -0.39 is 24.1 Å². The molecule has 6 heteroatoms. The minimum Gasteiger partial charge on any atom is -0.509 e. The third-order valence-electron chi connectivity index (χ3n) is 3.24. The molecule has 0 unspecified atom stereocenters. The standard InChI is InChI=1S/C13H19NO5/c1-5-18-11(17)8-9(15)7-6-19-12(13(2,3)4)14(7)10(8)16/h7,12,15H,5-6H2,1-4H3/t7-,12-/m0/s1. The molecule has 0 aromatic carbocycles. The third-order valence-corrected chi connectivity index (χ3v) is 3.24. The zero-order chi connectivity index (χ0) is 14.4. The van der Waals surface area contributed by atoms with E-state index in [0.29, 0.717) is 0 Å². The number of amides is 1. The summed E-state index contributed by atoms with van der Waals surface area (Å²) in [5.74, 6) is -1.53. The fraction of sp³-hybridized carbons (Fsp3) is 0.692. The van der Waals surface area contributed by atoms with E-state index in [9.17, 15) is 14.7 Å². The first-order chi connectivity index (χ1) is 8.79. The molecule has 0 radical (unpaired) electrons. The van der Waals surface area contributed by atoms with Crippen LogP contribution in [0, 0.1) is 5.41 Å². The van der Waals surface area contributed by atoms with Gasteiger partial charge in [-0.2, -0.15) is 0 Å². The minimum atomic E-state index is -0.771. The van der Waals surface area contributed by atoms with E-state index in [1.165, 1.54) is 4.90 Å². The summed E-state index contributed by atoms with van der Waals surface area (Å²) in [5, 5.41) is 10.0. The highest BCUT2D eigenvalue weighted by atomic mass is 16.5. The number of esters is 1. The highest BCUT2D eigenvalue weighted by molar-refractivity contribution is 6.18. The summed E-state index contributed by atoms with van der Waals surface area (Å²) in [6.07, 6.45) is -0.459. The van der Waals surface area contributed by atoms with Gasteiger partial charge in [-0.15, -0.1) is 0 Å². The predicted octanol–water partition coefficient (Wildman–Crippen LogP) is 0.975. The topological polar surface area (TPSA) is 76.1 Å². The van der Waals surface area contributed by atoms with Gasteiger partial charge in [0.15, 0.2) is 5.57 Å². The SMILES string of the molecule is CCOC(=O)C1=C(O)[C@@H]2CO[C@@H](C(C)(C)C)N2C1=O. The molecule has 19 heavy (non-hydrogen) atoms. The van der Waals surface area contributed by atoms with E-state index in [1.807, 2.05) is 20.8 Å². The van der Waals surface area contributed by atoms with E-state index in [2.05, 4.69) is 0 Å². The van der Waals surface area contributed by atoms with E-state index in [1.54, 1.807) is 6.92 Å². The Hall–Kier alpha value is -1.56. The van der Waals surface area contributed by atoms with Crippen LogP contribution in [0.2, 0.25) is 0 Å². The molecule has 0 aromatic rings. The van der Waals surface area contributed by atoms with Gasteiger partial charge in [-0.05, 0) is 6.92 Å². The molecule has 2 atom stereocenters. The number of fused-ring (bicyclic) bond motifs is 1. The largest absolute Gasteiger partial charge is 0.509 e. The Labute approximate surface area is 112 Å².